The molecule has 0 saturated carbocycles. The van der Waals surface area contributed by atoms with Crippen molar-refractivity contribution in [3.8, 4) is 0 Å². The molecule has 0 bridgehead atoms. The van der Waals surface area contributed by atoms with Crippen LogP contribution in [0.4, 0.5) is 0 Å². The molecule has 1 fully saturated rings. The zero-order valence-corrected chi connectivity index (χ0v) is 12.2. The standard InChI is InChI=1S/C16H24N2O/c1-16(2)9-11-18(12-16)15(19)14-7-5-4-6-13(14)8-10-17-3/h4-7,17H,8-12H2,1-3H3. The van der Waals surface area contributed by atoms with Crippen LogP contribution in [-0.2, 0) is 6.42 Å². The first-order chi connectivity index (χ1) is 9.03. The van der Waals surface area contributed by atoms with Gasteiger partial charge in [-0.05, 0) is 43.5 Å². The van der Waals surface area contributed by atoms with Crippen LogP contribution in [0.2, 0.25) is 0 Å². The fourth-order valence-corrected chi connectivity index (χ4v) is 2.66. The molecule has 104 valence electrons. The Bertz CT molecular complexity index is 454. The van der Waals surface area contributed by atoms with Crippen molar-refractivity contribution in [1.29, 1.82) is 0 Å². The number of nitrogens with one attached hydrogen (secondary N) is 1. The van der Waals surface area contributed by atoms with Gasteiger partial charge in [-0.25, -0.2) is 0 Å². The minimum atomic E-state index is 0.192. The maximum absolute atomic E-state index is 12.6. The lowest BCUT2D eigenvalue weighted by molar-refractivity contribution is 0.0777. The topological polar surface area (TPSA) is 32.3 Å². The van der Waals surface area contributed by atoms with Crippen LogP contribution >= 0.6 is 0 Å². The van der Waals surface area contributed by atoms with E-state index < -0.39 is 0 Å². The molecule has 0 aliphatic carbocycles. The van der Waals surface area contributed by atoms with Gasteiger partial charge in [-0.1, -0.05) is 32.0 Å². The first-order valence-electron chi connectivity index (χ1n) is 7.05. The van der Waals surface area contributed by atoms with E-state index in [1.54, 1.807) is 0 Å². The van der Waals surface area contributed by atoms with Crippen LogP contribution in [0.15, 0.2) is 24.3 Å². The molecule has 0 radical (unpaired) electrons. The lowest BCUT2D eigenvalue weighted by atomic mass is 9.93. The lowest BCUT2D eigenvalue weighted by Gasteiger charge is -2.21. The van der Waals surface area contributed by atoms with Crippen molar-refractivity contribution in [3.63, 3.8) is 0 Å². The summed E-state index contributed by atoms with van der Waals surface area (Å²) in [5.41, 5.74) is 2.28. The Morgan fingerprint density at radius 3 is 2.74 bits per heavy atom. The molecule has 0 aromatic heterocycles. The van der Waals surface area contributed by atoms with Crippen molar-refractivity contribution in [2.24, 2.45) is 5.41 Å². The maximum Gasteiger partial charge on any atom is 0.254 e. The fourth-order valence-electron chi connectivity index (χ4n) is 2.66. The smallest absolute Gasteiger partial charge is 0.254 e. The Kier molecular flexibility index (Phi) is 4.25. The van der Waals surface area contributed by atoms with Crippen LogP contribution < -0.4 is 5.32 Å². The summed E-state index contributed by atoms with van der Waals surface area (Å²) in [5.74, 6) is 0.192. The van der Waals surface area contributed by atoms with Gasteiger partial charge in [-0.3, -0.25) is 4.79 Å². The lowest BCUT2D eigenvalue weighted by Crippen LogP contribution is -2.31. The minimum absolute atomic E-state index is 0.192. The number of likely N-dealkylation sites (N-methyl/N-ethyl adjacent to an activating group) is 1. The van der Waals surface area contributed by atoms with E-state index in [1.165, 1.54) is 0 Å². The molecule has 0 atom stereocenters. The Balaban J connectivity index is 2.15. The summed E-state index contributed by atoms with van der Waals surface area (Å²) in [4.78, 5) is 14.6. The molecule has 3 nitrogen and oxygen atoms in total. The fraction of sp³-hybridized carbons (Fsp3) is 0.562. The number of benzene rings is 1. The molecule has 1 amide bonds. The number of carbonyl (C=O) groups is 1. The average Bonchev–Trinajstić information content (AvgIpc) is 2.76. The van der Waals surface area contributed by atoms with Crippen molar-refractivity contribution in [2.45, 2.75) is 26.7 Å². The van der Waals surface area contributed by atoms with Gasteiger partial charge < -0.3 is 10.2 Å². The molecular weight excluding hydrogens is 236 g/mol. The number of hydrogen-bond donors (Lipinski definition) is 1. The highest BCUT2D eigenvalue weighted by molar-refractivity contribution is 5.95. The Morgan fingerprint density at radius 1 is 1.37 bits per heavy atom. The molecular formula is C16H24N2O. The third kappa shape index (κ3) is 3.35. The number of nitrogens with zero attached hydrogens (tertiary/aromatic N) is 1. The minimum Gasteiger partial charge on any atom is -0.338 e. The Hall–Kier alpha value is -1.35. The number of amides is 1. The Labute approximate surface area is 116 Å². The van der Waals surface area contributed by atoms with E-state index >= 15 is 0 Å². The van der Waals surface area contributed by atoms with Crippen molar-refractivity contribution in [1.82, 2.24) is 10.2 Å². The third-order valence-corrected chi connectivity index (χ3v) is 3.86. The van der Waals surface area contributed by atoms with Gasteiger partial charge in [0.1, 0.15) is 0 Å². The first-order valence-corrected chi connectivity index (χ1v) is 7.05. The van der Waals surface area contributed by atoms with E-state index in [2.05, 4.69) is 25.2 Å². The van der Waals surface area contributed by atoms with Crippen LogP contribution in [0, 0.1) is 5.41 Å². The summed E-state index contributed by atoms with van der Waals surface area (Å²) in [7, 11) is 1.94. The summed E-state index contributed by atoms with van der Waals surface area (Å²) in [6.07, 6.45) is 1.99. The number of hydrogen-bond acceptors (Lipinski definition) is 2. The van der Waals surface area contributed by atoms with Gasteiger partial charge in [0, 0.05) is 18.7 Å². The molecule has 1 heterocycles. The van der Waals surface area contributed by atoms with Gasteiger partial charge in [0.05, 0.1) is 0 Å². The highest BCUT2D eigenvalue weighted by Gasteiger charge is 2.32. The van der Waals surface area contributed by atoms with Crippen LogP contribution in [0.1, 0.15) is 36.2 Å². The zero-order chi connectivity index (χ0) is 13.9. The van der Waals surface area contributed by atoms with Crippen molar-refractivity contribution in [2.75, 3.05) is 26.7 Å². The Morgan fingerprint density at radius 2 is 2.11 bits per heavy atom. The molecule has 1 saturated heterocycles. The van der Waals surface area contributed by atoms with E-state index in [0.29, 0.717) is 0 Å². The molecule has 0 spiro atoms. The first kappa shape index (κ1) is 14.1. The van der Waals surface area contributed by atoms with Gasteiger partial charge in [0.15, 0.2) is 0 Å². The maximum atomic E-state index is 12.6. The van der Waals surface area contributed by atoms with E-state index in [4.69, 9.17) is 0 Å². The van der Waals surface area contributed by atoms with Gasteiger partial charge >= 0.3 is 0 Å². The summed E-state index contributed by atoms with van der Waals surface area (Å²) < 4.78 is 0. The molecule has 0 unspecified atom stereocenters. The number of carbonyl (C=O) groups excluding carboxylic acids is 1. The second-order valence-electron chi connectivity index (χ2n) is 6.15. The monoisotopic (exact) mass is 260 g/mol. The van der Waals surface area contributed by atoms with Crippen LogP contribution in [0.3, 0.4) is 0 Å². The van der Waals surface area contributed by atoms with Crippen molar-refractivity contribution < 1.29 is 4.79 Å². The molecule has 1 aliphatic rings. The summed E-state index contributed by atoms with van der Waals surface area (Å²) >= 11 is 0. The van der Waals surface area contributed by atoms with E-state index in [1.807, 2.05) is 30.1 Å². The largest absolute Gasteiger partial charge is 0.338 e. The second-order valence-corrected chi connectivity index (χ2v) is 6.15. The van der Waals surface area contributed by atoms with Gasteiger partial charge in [-0.15, -0.1) is 0 Å². The molecule has 1 aromatic carbocycles. The predicted molar refractivity (Wildman–Crippen MR) is 78.4 cm³/mol. The van der Waals surface area contributed by atoms with Crippen LogP contribution in [-0.4, -0.2) is 37.5 Å². The van der Waals surface area contributed by atoms with Gasteiger partial charge in [0.2, 0.25) is 0 Å². The van der Waals surface area contributed by atoms with E-state index in [0.717, 1.165) is 43.6 Å². The molecule has 3 heteroatoms. The molecule has 1 aromatic rings. The zero-order valence-electron chi connectivity index (χ0n) is 12.2. The third-order valence-electron chi connectivity index (χ3n) is 3.86. The van der Waals surface area contributed by atoms with Gasteiger partial charge in [0.25, 0.3) is 5.91 Å². The summed E-state index contributed by atoms with van der Waals surface area (Å²) in [6, 6.07) is 7.98. The average molecular weight is 260 g/mol. The summed E-state index contributed by atoms with van der Waals surface area (Å²) in [6.45, 7) is 7.11. The molecule has 1 N–H and O–H groups in total. The van der Waals surface area contributed by atoms with Crippen LogP contribution in [0.5, 0.6) is 0 Å². The quantitative estimate of drug-likeness (QED) is 0.901. The summed E-state index contributed by atoms with van der Waals surface area (Å²) in [5, 5.41) is 3.14. The SMILES string of the molecule is CNCCc1ccccc1C(=O)N1CCC(C)(C)C1. The van der Waals surface area contributed by atoms with Crippen LogP contribution in [0.25, 0.3) is 0 Å². The highest BCUT2D eigenvalue weighted by Crippen LogP contribution is 2.30. The van der Waals surface area contributed by atoms with Crippen molar-refractivity contribution in [3.05, 3.63) is 35.4 Å². The normalized spacial score (nSPS) is 17.7. The van der Waals surface area contributed by atoms with Gasteiger partial charge in [-0.2, -0.15) is 0 Å². The molecule has 19 heavy (non-hydrogen) atoms. The highest BCUT2D eigenvalue weighted by atomic mass is 16.2. The number of rotatable bonds is 4. The van der Waals surface area contributed by atoms with E-state index in [9.17, 15) is 4.79 Å². The van der Waals surface area contributed by atoms with Crippen molar-refractivity contribution >= 4 is 5.91 Å². The predicted octanol–water partition coefficient (Wildman–Crippen LogP) is 2.32. The molecule has 2 rings (SSSR count). The molecule has 1 aliphatic heterocycles. The number of likely N-dealkylation sites (tertiary alicyclic amines) is 1. The second kappa shape index (κ2) is 5.74. The van der Waals surface area contributed by atoms with E-state index in [-0.39, 0.29) is 11.3 Å².